The fourth-order valence-electron chi connectivity index (χ4n) is 1.38. The van der Waals surface area contributed by atoms with Crippen molar-refractivity contribution in [1.82, 2.24) is 0 Å². The molecule has 0 spiro atoms. The van der Waals surface area contributed by atoms with E-state index in [4.69, 9.17) is 5.26 Å². The molecule has 0 amide bonds. The summed E-state index contributed by atoms with van der Waals surface area (Å²) in [5.41, 5.74) is -0.0406. The summed E-state index contributed by atoms with van der Waals surface area (Å²) in [6, 6.07) is 9.89. The topological polar surface area (TPSA) is 44.0 Å². The molecule has 0 unspecified atom stereocenters. The first-order chi connectivity index (χ1) is 6.74. The Kier molecular flexibility index (Phi) is 1.83. The lowest BCUT2D eigenvalue weighted by Gasteiger charge is -2.02. The highest BCUT2D eigenvalue weighted by Gasteiger charge is 2.11. The van der Waals surface area contributed by atoms with E-state index in [2.05, 4.69) is 0 Å². The zero-order valence-electron chi connectivity index (χ0n) is 7.16. The Hall–Kier alpha value is -2.08. The van der Waals surface area contributed by atoms with Crippen LogP contribution < -0.4 is 0 Å². The molecule has 68 valence electrons. The lowest BCUT2D eigenvalue weighted by atomic mass is 10.1. The number of aromatic hydroxyl groups is 1. The smallest absolute Gasteiger partial charge is 0.174 e. The van der Waals surface area contributed by atoms with Crippen LogP contribution in [0.2, 0.25) is 0 Å². The molecular formula is C11H6FNO. The first-order valence-electron chi connectivity index (χ1n) is 4.04. The number of nitrogens with zero attached hydrogens (tertiary/aromatic N) is 1. The maximum atomic E-state index is 13.4. The van der Waals surface area contributed by atoms with E-state index in [9.17, 15) is 9.50 Å². The Morgan fingerprint density at radius 1 is 1.29 bits per heavy atom. The summed E-state index contributed by atoms with van der Waals surface area (Å²) in [5, 5.41) is 18.9. The number of phenolic OH excluding ortho intramolecular Hbond substituents is 1. The highest BCUT2D eigenvalue weighted by Crippen LogP contribution is 2.28. The second-order valence-electron chi connectivity index (χ2n) is 2.92. The van der Waals surface area contributed by atoms with Crippen LogP contribution in [0.1, 0.15) is 5.56 Å². The van der Waals surface area contributed by atoms with Gasteiger partial charge in [0.2, 0.25) is 0 Å². The maximum Gasteiger partial charge on any atom is 0.174 e. The van der Waals surface area contributed by atoms with Crippen molar-refractivity contribution >= 4 is 10.8 Å². The Labute approximate surface area is 79.8 Å². The first kappa shape index (κ1) is 8.52. The van der Waals surface area contributed by atoms with Crippen molar-refractivity contribution in [2.75, 3.05) is 0 Å². The van der Waals surface area contributed by atoms with Gasteiger partial charge in [-0.2, -0.15) is 5.26 Å². The summed E-state index contributed by atoms with van der Waals surface area (Å²) in [7, 11) is 0. The van der Waals surface area contributed by atoms with Gasteiger partial charge in [-0.3, -0.25) is 0 Å². The summed E-state index contributed by atoms with van der Waals surface area (Å²) < 4.78 is 13.4. The number of halogens is 1. The molecular weight excluding hydrogens is 181 g/mol. The van der Waals surface area contributed by atoms with Crippen LogP contribution in [0.15, 0.2) is 30.3 Å². The summed E-state index contributed by atoms with van der Waals surface area (Å²) >= 11 is 0. The normalized spacial score (nSPS) is 10.0. The number of rotatable bonds is 0. The Balaban J connectivity index is 2.94. The van der Waals surface area contributed by atoms with Gasteiger partial charge in [0.15, 0.2) is 11.6 Å². The predicted molar refractivity (Wildman–Crippen MR) is 50.3 cm³/mol. The minimum Gasteiger partial charge on any atom is -0.504 e. The third kappa shape index (κ3) is 1.09. The molecule has 0 saturated heterocycles. The molecule has 0 heterocycles. The molecule has 0 radical (unpaired) electrons. The molecule has 0 aliphatic heterocycles. The van der Waals surface area contributed by atoms with Gasteiger partial charge < -0.3 is 5.11 Å². The molecule has 1 N–H and O–H groups in total. The molecule has 0 saturated carbocycles. The van der Waals surface area contributed by atoms with Gasteiger partial charge in [-0.25, -0.2) is 4.39 Å². The van der Waals surface area contributed by atoms with Crippen LogP contribution >= 0.6 is 0 Å². The molecule has 0 aromatic heterocycles. The SMILES string of the molecule is N#Cc1cc2ccccc2c(F)c1O. The van der Waals surface area contributed by atoms with Crippen LogP contribution in [0, 0.1) is 17.1 Å². The third-order valence-corrected chi connectivity index (χ3v) is 2.08. The highest BCUT2D eigenvalue weighted by atomic mass is 19.1. The fourth-order valence-corrected chi connectivity index (χ4v) is 1.38. The van der Waals surface area contributed by atoms with E-state index in [1.807, 2.05) is 0 Å². The lowest BCUT2D eigenvalue weighted by molar-refractivity contribution is 0.434. The van der Waals surface area contributed by atoms with E-state index in [1.165, 1.54) is 6.07 Å². The first-order valence-corrected chi connectivity index (χ1v) is 4.04. The average Bonchev–Trinajstić information content (AvgIpc) is 2.23. The van der Waals surface area contributed by atoms with Crippen molar-refractivity contribution < 1.29 is 9.50 Å². The maximum absolute atomic E-state index is 13.4. The molecule has 0 atom stereocenters. The summed E-state index contributed by atoms with van der Waals surface area (Å²) in [6.45, 7) is 0. The molecule has 2 aromatic carbocycles. The zero-order chi connectivity index (χ0) is 10.1. The Morgan fingerprint density at radius 2 is 2.00 bits per heavy atom. The van der Waals surface area contributed by atoms with Gasteiger partial charge in [-0.15, -0.1) is 0 Å². The van der Waals surface area contributed by atoms with Gasteiger partial charge in [0.05, 0.1) is 5.56 Å². The Morgan fingerprint density at radius 3 is 2.71 bits per heavy atom. The van der Waals surface area contributed by atoms with E-state index in [0.717, 1.165) is 0 Å². The number of hydrogen-bond donors (Lipinski definition) is 1. The molecule has 0 aliphatic rings. The molecule has 0 fully saturated rings. The molecule has 0 bridgehead atoms. The molecule has 2 rings (SSSR count). The van der Waals surface area contributed by atoms with Gasteiger partial charge in [0, 0.05) is 5.39 Å². The van der Waals surface area contributed by atoms with Crippen molar-refractivity contribution in [2.24, 2.45) is 0 Å². The van der Waals surface area contributed by atoms with Gasteiger partial charge in [-0.1, -0.05) is 24.3 Å². The van der Waals surface area contributed by atoms with Crippen molar-refractivity contribution in [1.29, 1.82) is 5.26 Å². The third-order valence-electron chi connectivity index (χ3n) is 2.08. The zero-order valence-corrected chi connectivity index (χ0v) is 7.16. The van der Waals surface area contributed by atoms with Crippen LogP contribution in [0.5, 0.6) is 5.75 Å². The van der Waals surface area contributed by atoms with Crippen LogP contribution in [-0.2, 0) is 0 Å². The number of fused-ring (bicyclic) bond motifs is 1. The van der Waals surface area contributed by atoms with Crippen LogP contribution in [-0.4, -0.2) is 5.11 Å². The summed E-state index contributed by atoms with van der Waals surface area (Å²) in [6.07, 6.45) is 0. The second-order valence-corrected chi connectivity index (χ2v) is 2.92. The lowest BCUT2D eigenvalue weighted by Crippen LogP contribution is -1.85. The van der Waals surface area contributed by atoms with Crippen molar-refractivity contribution in [3.05, 3.63) is 41.7 Å². The van der Waals surface area contributed by atoms with E-state index < -0.39 is 11.6 Å². The minimum atomic E-state index is -0.736. The average molecular weight is 187 g/mol. The van der Waals surface area contributed by atoms with Crippen molar-refractivity contribution in [3.8, 4) is 11.8 Å². The molecule has 14 heavy (non-hydrogen) atoms. The monoisotopic (exact) mass is 187 g/mol. The van der Waals surface area contributed by atoms with Gasteiger partial charge in [0.1, 0.15) is 6.07 Å². The van der Waals surface area contributed by atoms with Crippen LogP contribution in [0.3, 0.4) is 0 Å². The number of phenols is 1. The van der Waals surface area contributed by atoms with Crippen LogP contribution in [0.25, 0.3) is 10.8 Å². The van der Waals surface area contributed by atoms with Crippen molar-refractivity contribution in [3.63, 3.8) is 0 Å². The number of benzene rings is 2. The fraction of sp³-hybridized carbons (Fsp3) is 0. The standard InChI is InChI=1S/C11H6FNO/c12-10-9-4-2-1-3-7(9)5-8(6-13)11(10)14/h1-5,14H. The molecule has 2 aromatic rings. The summed E-state index contributed by atoms with van der Waals surface area (Å²) in [5.74, 6) is -1.31. The van der Waals surface area contributed by atoms with Gasteiger partial charge in [-0.05, 0) is 11.5 Å². The summed E-state index contributed by atoms with van der Waals surface area (Å²) in [4.78, 5) is 0. The number of nitriles is 1. The Bertz CT molecular complexity index is 543. The number of hydrogen-bond acceptors (Lipinski definition) is 2. The molecule has 3 heteroatoms. The second kappa shape index (κ2) is 3.00. The quantitative estimate of drug-likeness (QED) is 0.688. The van der Waals surface area contributed by atoms with Crippen LogP contribution in [0.4, 0.5) is 4.39 Å². The predicted octanol–water partition coefficient (Wildman–Crippen LogP) is 2.56. The van der Waals surface area contributed by atoms with Gasteiger partial charge in [0.25, 0.3) is 0 Å². The van der Waals surface area contributed by atoms with E-state index >= 15 is 0 Å². The van der Waals surface area contributed by atoms with Gasteiger partial charge >= 0.3 is 0 Å². The van der Waals surface area contributed by atoms with E-state index in [1.54, 1.807) is 30.3 Å². The van der Waals surface area contributed by atoms with Crippen molar-refractivity contribution in [2.45, 2.75) is 0 Å². The highest BCUT2D eigenvalue weighted by molar-refractivity contribution is 5.86. The molecule has 2 nitrogen and oxygen atoms in total. The van der Waals surface area contributed by atoms with E-state index in [0.29, 0.717) is 10.8 Å². The molecule has 0 aliphatic carbocycles. The minimum absolute atomic E-state index is 0.0406. The van der Waals surface area contributed by atoms with E-state index in [-0.39, 0.29) is 5.56 Å². The largest absolute Gasteiger partial charge is 0.504 e.